The quantitative estimate of drug-likeness (QED) is 0.802. The van der Waals surface area contributed by atoms with E-state index in [0.29, 0.717) is 5.92 Å². The second-order valence-electron chi connectivity index (χ2n) is 6.74. The van der Waals surface area contributed by atoms with Gasteiger partial charge in [-0.1, -0.05) is 0 Å². The summed E-state index contributed by atoms with van der Waals surface area (Å²) in [5.74, 6) is 3.30. The minimum absolute atomic E-state index is 0.540. The molecule has 0 unspecified atom stereocenters. The number of H-pyrrole nitrogens is 1. The fourth-order valence-electron chi connectivity index (χ4n) is 3.35. The van der Waals surface area contributed by atoms with Gasteiger partial charge in [0.15, 0.2) is 11.5 Å². The van der Waals surface area contributed by atoms with Gasteiger partial charge in [0.2, 0.25) is 0 Å². The van der Waals surface area contributed by atoms with Crippen LogP contribution in [0.25, 0.3) is 22.7 Å². The zero-order chi connectivity index (χ0) is 15.9. The smallest absolute Gasteiger partial charge is 0.160 e. The number of piperidine rings is 1. The van der Waals surface area contributed by atoms with E-state index in [-0.39, 0.29) is 0 Å². The maximum atomic E-state index is 4.78. The van der Waals surface area contributed by atoms with E-state index in [1.54, 1.807) is 0 Å². The topological polar surface area (TPSA) is 70.6 Å². The SMILES string of the molecule is c1cc(-c2nc3ccc(N4CCCCC4)nc3[nH]2)nc(C2CC2)n1. The zero-order valence-electron chi connectivity index (χ0n) is 13.6. The summed E-state index contributed by atoms with van der Waals surface area (Å²) < 4.78 is 0. The molecule has 1 N–H and O–H groups in total. The maximum Gasteiger partial charge on any atom is 0.160 e. The molecule has 0 spiro atoms. The van der Waals surface area contributed by atoms with Gasteiger partial charge in [0.25, 0.3) is 0 Å². The normalized spacial score (nSPS) is 18.2. The molecule has 1 saturated carbocycles. The lowest BCUT2D eigenvalue weighted by atomic mass is 10.1. The van der Waals surface area contributed by atoms with Gasteiger partial charge in [-0.2, -0.15) is 0 Å². The van der Waals surface area contributed by atoms with Crippen molar-refractivity contribution in [3.8, 4) is 11.5 Å². The Morgan fingerprint density at radius 3 is 2.67 bits per heavy atom. The summed E-state index contributed by atoms with van der Waals surface area (Å²) in [7, 11) is 0. The molecule has 3 aromatic rings. The number of aromatic amines is 1. The van der Waals surface area contributed by atoms with Crippen molar-refractivity contribution in [1.82, 2.24) is 24.9 Å². The molecule has 0 atom stereocenters. The lowest BCUT2D eigenvalue weighted by Crippen LogP contribution is -2.30. The first kappa shape index (κ1) is 13.9. The monoisotopic (exact) mass is 320 g/mol. The molecule has 1 aliphatic heterocycles. The highest BCUT2D eigenvalue weighted by Gasteiger charge is 2.26. The van der Waals surface area contributed by atoms with Gasteiger partial charge in [0.05, 0.1) is 0 Å². The zero-order valence-corrected chi connectivity index (χ0v) is 13.6. The molecule has 4 heterocycles. The molecule has 6 heteroatoms. The van der Waals surface area contributed by atoms with Crippen LogP contribution in [0.1, 0.15) is 43.8 Å². The predicted molar refractivity (Wildman–Crippen MR) is 93.0 cm³/mol. The Balaban J connectivity index is 1.50. The second-order valence-corrected chi connectivity index (χ2v) is 6.74. The Morgan fingerprint density at radius 1 is 0.958 bits per heavy atom. The first-order valence-electron chi connectivity index (χ1n) is 8.82. The highest BCUT2D eigenvalue weighted by molar-refractivity contribution is 5.77. The van der Waals surface area contributed by atoms with E-state index in [0.717, 1.165) is 47.4 Å². The minimum Gasteiger partial charge on any atom is -0.357 e. The van der Waals surface area contributed by atoms with Crippen LogP contribution in [0.15, 0.2) is 24.4 Å². The Morgan fingerprint density at radius 2 is 1.83 bits per heavy atom. The van der Waals surface area contributed by atoms with Crippen molar-refractivity contribution in [1.29, 1.82) is 0 Å². The molecule has 122 valence electrons. The van der Waals surface area contributed by atoms with Crippen LogP contribution >= 0.6 is 0 Å². The number of pyridine rings is 1. The lowest BCUT2D eigenvalue weighted by Gasteiger charge is -2.27. The van der Waals surface area contributed by atoms with E-state index in [4.69, 9.17) is 4.98 Å². The van der Waals surface area contributed by atoms with Crippen molar-refractivity contribution in [2.75, 3.05) is 18.0 Å². The summed E-state index contributed by atoms with van der Waals surface area (Å²) in [6.07, 6.45) is 8.05. The Labute approximate surface area is 140 Å². The summed E-state index contributed by atoms with van der Waals surface area (Å²) in [5.41, 5.74) is 2.57. The van der Waals surface area contributed by atoms with Gasteiger partial charge >= 0.3 is 0 Å². The van der Waals surface area contributed by atoms with Crippen LogP contribution in [0.4, 0.5) is 5.82 Å². The molecule has 1 saturated heterocycles. The number of nitrogens with one attached hydrogen (secondary N) is 1. The summed E-state index contributed by atoms with van der Waals surface area (Å²) in [6.45, 7) is 2.19. The Bertz CT molecular complexity index is 876. The number of anilines is 1. The highest BCUT2D eigenvalue weighted by Crippen LogP contribution is 2.38. The molecule has 1 aliphatic carbocycles. The molecule has 3 aromatic heterocycles. The van der Waals surface area contributed by atoms with Crippen LogP contribution in [0.5, 0.6) is 0 Å². The van der Waals surface area contributed by atoms with E-state index in [2.05, 4.69) is 37.0 Å². The van der Waals surface area contributed by atoms with Gasteiger partial charge in [0.1, 0.15) is 22.9 Å². The van der Waals surface area contributed by atoms with Crippen molar-refractivity contribution in [3.05, 3.63) is 30.2 Å². The fourth-order valence-corrected chi connectivity index (χ4v) is 3.35. The van der Waals surface area contributed by atoms with E-state index in [9.17, 15) is 0 Å². The molecule has 0 bridgehead atoms. The van der Waals surface area contributed by atoms with Crippen molar-refractivity contribution in [2.24, 2.45) is 0 Å². The van der Waals surface area contributed by atoms with Gasteiger partial charge in [-0.15, -0.1) is 0 Å². The standard InChI is InChI=1S/C18H20N6/c1-2-10-24(11-3-1)15-7-6-13-18(22-15)23-17(21-13)14-8-9-19-16(20-14)12-4-5-12/h6-9,12H,1-5,10-11H2,(H,21,22,23). The Kier molecular flexibility index (Phi) is 3.21. The Hall–Kier alpha value is -2.50. The third kappa shape index (κ3) is 2.52. The van der Waals surface area contributed by atoms with Crippen LogP contribution in [0, 0.1) is 0 Å². The van der Waals surface area contributed by atoms with Gasteiger partial charge in [-0.3, -0.25) is 0 Å². The van der Waals surface area contributed by atoms with Gasteiger partial charge < -0.3 is 9.88 Å². The predicted octanol–water partition coefficient (Wildman–Crippen LogP) is 3.28. The molecular weight excluding hydrogens is 300 g/mol. The average Bonchev–Trinajstić information content (AvgIpc) is 3.41. The van der Waals surface area contributed by atoms with Crippen molar-refractivity contribution < 1.29 is 0 Å². The molecule has 5 rings (SSSR count). The summed E-state index contributed by atoms with van der Waals surface area (Å²) in [4.78, 5) is 24.2. The maximum absolute atomic E-state index is 4.78. The fraction of sp³-hybridized carbons (Fsp3) is 0.444. The van der Waals surface area contributed by atoms with Gasteiger partial charge in [-0.05, 0) is 50.3 Å². The van der Waals surface area contributed by atoms with Crippen molar-refractivity contribution in [3.63, 3.8) is 0 Å². The molecule has 0 amide bonds. The van der Waals surface area contributed by atoms with Crippen molar-refractivity contribution >= 4 is 17.0 Å². The second kappa shape index (κ2) is 5.54. The first-order chi connectivity index (χ1) is 11.9. The largest absolute Gasteiger partial charge is 0.357 e. The number of rotatable bonds is 3. The van der Waals surface area contributed by atoms with Crippen LogP contribution in [0.2, 0.25) is 0 Å². The average molecular weight is 320 g/mol. The number of hydrogen-bond donors (Lipinski definition) is 1. The number of aromatic nitrogens is 5. The van der Waals surface area contributed by atoms with Gasteiger partial charge in [-0.25, -0.2) is 19.9 Å². The summed E-state index contributed by atoms with van der Waals surface area (Å²) >= 11 is 0. The van der Waals surface area contributed by atoms with Gasteiger partial charge in [0, 0.05) is 25.2 Å². The molecule has 24 heavy (non-hydrogen) atoms. The summed E-state index contributed by atoms with van der Waals surface area (Å²) in [6, 6.07) is 6.04. The van der Waals surface area contributed by atoms with E-state index >= 15 is 0 Å². The van der Waals surface area contributed by atoms with Crippen LogP contribution < -0.4 is 4.90 Å². The number of nitrogens with zero attached hydrogens (tertiary/aromatic N) is 5. The van der Waals surface area contributed by atoms with Crippen LogP contribution in [-0.2, 0) is 0 Å². The molecule has 0 radical (unpaired) electrons. The van der Waals surface area contributed by atoms with Crippen LogP contribution in [-0.4, -0.2) is 38.0 Å². The molecular formula is C18H20N6. The van der Waals surface area contributed by atoms with E-state index in [1.165, 1.54) is 32.1 Å². The molecule has 2 fully saturated rings. The van der Waals surface area contributed by atoms with E-state index in [1.807, 2.05) is 12.3 Å². The molecule has 0 aromatic carbocycles. The van der Waals surface area contributed by atoms with Crippen molar-refractivity contribution in [2.45, 2.75) is 38.0 Å². The summed E-state index contributed by atoms with van der Waals surface area (Å²) in [5, 5.41) is 0. The first-order valence-corrected chi connectivity index (χ1v) is 8.82. The lowest BCUT2D eigenvalue weighted by molar-refractivity contribution is 0.574. The number of imidazole rings is 1. The van der Waals surface area contributed by atoms with E-state index < -0.39 is 0 Å². The highest BCUT2D eigenvalue weighted by atomic mass is 15.2. The third-order valence-electron chi connectivity index (χ3n) is 4.87. The minimum atomic E-state index is 0.540. The number of hydrogen-bond acceptors (Lipinski definition) is 5. The third-order valence-corrected chi connectivity index (χ3v) is 4.87. The molecule has 2 aliphatic rings. The van der Waals surface area contributed by atoms with Crippen LogP contribution in [0.3, 0.4) is 0 Å². The number of fused-ring (bicyclic) bond motifs is 1. The molecule has 6 nitrogen and oxygen atoms in total.